The van der Waals surface area contributed by atoms with Gasteiger partial charge in [-0.05, 0) is 36.2 Å². The molecule has 2 aromatic rings. The van der Waals surface area contributed by atoms with Crippen LogP contribution in [0.4, 0.5) is 10.1 Å². The van der Waals surface area contributed by atoms with Crippen molar-refractivity contribution in [3.8, 4) is 0 Å². The fourth-order valence-corrected chi connectivity index (χ4v) is 3.41. The lowest BCUT2D eigenvalue weighted by Gasteiger charge is -2.08. The summed E-state index contributed by atoms with van der Waals surface area (Å²) in [4.78, 5) is 3.80. The molecule has 2 N–H and O–H groups in total. The minimum absolute atomic E-state index is 0.164. The molecule has 0 atom stereocenters. The summed E-state index contributed by atoms with van der Waals surface area (Å²) >= 11 is 0. The average Bonchev–Trinajstić information content (AvgIpc) is 2.31. The van der Waals surface area contributed by atoms with Gasteiger partial charge in [-0.1, -0.05) is 6.07 Å². The number of rotatable bonds is 3. The molecule has 0 saturated carbocycles. The fourth-order valence-electron chi connectivity index (χ4n) is 1.78. The van der Waals surface area contributed by atoms with Crippen molar-refractivity contribution in [2.24, 2.45) is 0 Å². The van der Waals surface area contributed by atoms with Gasteiger partial charge >= 0.3 is 0 Å². The monoisotopic (exact) mass is 280 g/mol. The number of nitrogen functional groups attached to an aromatic ring is 1. The molecule has 0 fully saturated rings. The molecule has 6 heteroatoms. The van der Waals surface area contributed by atoms with Crippen LogP contribution < -0.4 is 5.73 Å². The Kier molecular flexibility index (Phi) is 3.53. The highest BCUT2D eigenvalue weighted by molar-refractivity contribution is 7.90. The molecule has 2 rings (SSSR count). The van der Waals surface area contributed by atoms with Gasteiger partial charge in [0.1, 0.15) is 5.82 Å². The van der Waals surface area contributed by atoms with Crippen LogP contribution in [-0.4, -0.2) is 13.4 Å². The molecule has 1 aromatic carbocycles. The second-order valence-electron chi connectivity index (χ2n) is 4.30. The molecule has 0 radical (unpaired) electrons. The number of benzene rings is 1. The number of hydrogen-bond donors (Lipinski definition) is 1. The van der Waals surface area contributed by atoms with Crippen molar-refractivity contribution in [3.63, 3.8) is 0 Å². The van der Waals surface area contributed by atoms with Crippen LogP contribution in [0.5, 0.6) is 0 Å². The molecule has 4 nitrogen and oxygen atoms in total. The summed E-state index contributed by atoms with van der Waals surface area (Å²) in [6, 6.07) is 5.85. The molecular formula is C13H13FN2O2S. The van der Waals surface area contributed by atoms with Crippen molar-refractivity contribution >= 4 is 15.5 Å². The SMILES string of the molecule is Cc1ccc(N)cc1S(=O)(=O)Cc1cncc(F)c1. The standard InChI is InChI=1S/C13H13FN2O2S/c1-9-2-3-12(15)5-13(9)19(17,18)8-10-4-11(14)7-16-6-10/h2-7H,8,15H2,1H3. The summed E-state index contributed by atoms with van der Waals surface area (Å²) < 4.78 is 37.6. The van der Waals surface area contributed by atoms with Gasteiger partial charge < -0.3 is 5.73 Å². The highest BCUT2D eigenvalue weighted by Gasteiger charge is 2.18. The van der Waals surface area contributed by atoms with E-state index in [1.165, 1.54) is 12.3 Å². The Bertz CT molecular complexity index is 714. The maximum atomic E-state index is 13.0. The molecule has 0 saturated heterocycles. The zero-order valence-corrected chi connectivity index (χ0v) is 11.1. The van der Waals surface area contributed by atoms with E-state index < -0.39 is 15.7 Å². The summed E-state index contributed by atoms with van der Waals surface area (Å²) in [6.45, 7) is 1.69. The van der Waals surface area contributed by atoms with Crippen LogP contribution in [0.3, 0.4) is 0 Å². The van der Waals surface area contributed by atoms with Crippen molar-refractivity contribution in [2.45, 2.75) is 17.6 Å². The zero-order chi connectivity index (χ0) is 14.0. The molecule has 100 valence electrons. The highest BCUT2D eigenvalue weighted by atomic mass is 32.2. The molecule has 0 aliphatic heterocycles. The van der Waals surface area contributed by atoms with Gasteiger partial charge in [0, 0.05) is 11.9 Å². The first-order chi connectivity index (χ1) is 8.88. The summed E-state index contributed by atoms with van der Waals surface area (Å²) in [5, 5.41) is 0. The van der Waals surface area contributed by atoms with Gasteiger partial charge in [0.25, 0.3) is 0 Å². The molecular weight excluding hydrogens is 267 g/mol. The van der Waals surface area contributed by atoms with Crippen molar-refractivity contribution in [1.29, 1.82) is 0 Å². The molecule has 1 aromatic heterocycles. The number of halogens is 1. The number of aromatic nitrogens is 1. The minimum atomic E-state index is -3.57. The number of sulfone groups is 1. The fraction of sp³-hybridized carbons (Fsp3) is 0.154. The Balaban J connectivity index is 2.40. The van der Waals surface area contributed by atoms with Gasteiger partial charge in [0.2, 0.25) is 0 Å². The topological polar surface area (TPSA) is 73.1 Å². The number of nitrogens with two attached hydrogens (primary N) is 1. The predicted molar refractivity (Wildman–Crippen MR) is 70.7 cm³/mol. The maximum absolute atomic E-state index is 13.0. The lowest BCUT2D eigenvalue weighted by Crippen LogP contribution is -2.08. The second kappa shape index (κ2) is 4.97. The number of aryl methyl sites for hydroxylation is 1. The molecule has 1 heterocycles. The van der Waals surface area contributed by atoms with Crippen molar-refractivity contribution in [1.82, 2.24) is 4.98 Å². The van der Waals surface area contributed by atoms with Gasteiger partial charge in [-0.15, -0.1) is 0 Å². The number of anilines is 1. The molecule has 0 aliphatic rings. The summed E-state index contributed by atoms with van der Waals surface area (Å²) in [5.41, 5.74) is 6.90. The van der Waals surface area contributed by atoms with Gasteiger partial charge in [-0.3, -0.25) is 4.98 Å². The van der Waals surface area contributed by atoms with E-state index in [9.17, 15) is 12.8 Å². The lowest BCUT2D eigenvalue weighted by atomic mass is 10.2. The van der Waals surface area contributed by atoms with Gasteiger partial charge in [0.15, 0.2) is 9.84 Å². The second-order valence-corrected chi connectivity index (χ2v) is 6.25. The Morgan fingerprint density at radius 2 is 2.00 bits per heavy atom. The summed E-state index contributed by atoms with van der Waals surface area (Å²) in [7, 11) is -3.57. The van der Waals surface area contributed by atoms with E-state index in [2.05, 4.69) is 4.98 Å². The van der Waals surface area contributed by atoms with Gasteiger partial charge in [-0.2, -0.15) is 0 Å². The van der Waals surface area contributed by atoms with E-state index in [0.29, 0.717) is 16.8 Å². The quantitative estimate of drug-likeness (QED) is 0.874. The first-order valence-electron chi connectivity index (χ1n) is 5.57. The van der Waals surface area contributed by atoms with E-state index >= 15 is 0 Å². The Morgan fingerprint density at radius 3 is 2.68 bits per heavy atom. The van der Waals surface area contributed by atoms with Crippen LogP contribution in [-0.2, 0) is 15.6 Å². The maximum Gasteiger partial charge on any atom is 0.182 e. The van der Waals surface area contributed by atoms with E-state index in [1.807, 2.05) is 0 Å². The van der Waals surface area contributed by atoms with Gasteiger partial charge in [-0.25, -0.2) is 12.8 Å². The Hall–Kier alpha value is -1.95. The molecule has 0 amide bonds. The van der Waals surface area contributed by atoms with E-state index in [1.54, 1.807) is 19.1 Å². The number of hydrogen-bond acceptors (Lipinski definition) is 4. The zero-order valence-electron chi connectivity index (χ0n) is 10.3. The largest absolute Gasteiger partial charge is 0.399 e. The van der Waals surface area contributed by atoms with Crippen LogP contribution in [0, 0.1) is 12.7 Å². The first kappa shape index (κ1) is 13.5. The van der Waals surface area contributed by atoms with Gasteiger partial charge in [0.05, 0.1) is 16.8 Å². The molecule has 0 aliphatic carbocycles. The third-order valence-corrected chi connectivity index (χ3v) is 4.49. The predicted octanol–water partition coefficient (Wildman–Crippen LogP) is 2.09. The van der Waals surface area contributed by atoms with E-state index in [-0.39, 0.29) is 10.6 Å². The van der Waals surface area contributed by atoms with Crippen LogP contribution in [0.2, 0.25) is 0 Å². The third kappa shape index (κ3) is 3.08. The molecule has 0 unspecified atom stereocenters. The number of nitrogens with zero attached hydrogens (tertiary/aromatic N) is 1. The normalized spacial score (nSPS) is 11.5. The van der Waals surface area contributed by atoms with E-state index in [0.717, 1.165) is 12.3 Å². The van der Waals surface area contributed by atoms with Crippen molar-refractivity contribution < 1.29 is 12.8 Å². The number of pyridine rings is 1. The summed E-state index contributed by atoms with van der Waals surface area (Å²) in [5.74, 6) is -0.862. The minimum Gasteiger partial charge on any atom is -0.399 e. The van der Waals surface area contributed by atoms with Crippen LogP contribution in [0.25, 0.3) is 0 Å². The molecule has 0 spiro atoms. The van der Waals surface area contributed by atoms with E-state index in [4.69, 9.17) is 5.73 Å². The molecule has 0 bridgehead atoms. The summed E-state index contributed by atoms with van der Waals surface area (Å²) in [6.07, 6.45) is 2.37. The van der Waals surface area contributed by atoms with Crippen molar-refractivity contribution in [2.75, 3.05) is 5.73 Å². The van der Waals surface area contributed by atoms with Crippen molar-refractivity contribution in [3.05, 3.63) is 53.6 Å². The Morgan fingerprint density at radius 1 is 1.26 bits per heavy atom. The van der Waals surface area contributed by atoms with Crippen LogP contribution in [0.15, 0.2) is 41.6 Å². The third-order valence-electron chi connectivity index (χ3n) is 2.67. The smallest absolute Gasteiger partial charge is 0.182 e. The molecule has 19 heavy (non-hydrogen) atoms. The first-order valence-corrected chi connectivity index (χ1v) is 7.22. The Labute approximate surface area is 111 Å². The highest BCUT2D eigenvalue weighted by Crippen LogP contribution is 2.22. The average molecular weight is 280 g/mol. The lowest BCUT2D eigenvalue weighted by molar-refractivity contribution is 0.593. The van der Waals surface area contributed by atoms with Crippen LogP contribution in [0.1, 0.15) is 11.1 Å². The van der Waals surface area contributed by atoms with Crippen LogP contribution >= 0.6 is 0 Å².